The van der Waals surface area contributed by atoms with E-state index in [4.69, 9.17) is 0 Å². The Balaban J connectivity index is 1.25. The first-order chi connectivity index (χ1) is 26.1. The van der Waals surface area contributed by atoms with E-state index in [2.05, 4.69) is 184 Å². The molecule has 0 saturated heterocycles. The summed E-state index contributed by atoms with van der Waals surface area (Å²) in [6.07, 6.45) is 1.89. The van der Waals surface area contributed by atoms with Crippen molar-refractivity contribution >= 4 is 0 Å². The van der Waals surface area contributed by atoms with Gasteiger partial charge in [0.05, 0.1) is 5.41 Å². The van der Waals surface area contributed by atoms with E-state index >= 15 is 0 Å². The second kappa shape index (κ2) is 11.4. The molecule has 0 heteroatoms. The Morgan fingerprint density at radius 1 is 0.302 bits per heavy atom. The molecule has 8 aromatic carbocycles. The Bertz CT molecular complexity index is 2620. The molecule has 0 bridgehead atoms. The van der Waals surface area contributed by atoms with Crippen LogP contribution in [-0.4, -0.2) is 0 Å². The van der Waals surface area contributed by atoms with E-state index in [1.165, 1.54) is 111 Å². The average molecular weight is 675 g/mol. The number of fused-ring (bicyclic) bond motifs is 9. The molecule has 0 nitrogen and oxygen atoms in total. The lowest BCUT2D eigenvalue weighted by atomic mass is 9.64. The minimum absolute atomic E-state index is 0.565. The van der Waals surface area contributed by atoms with Crippen molar-refractivity contribution in [3.8, 4) is 55.6 Å². The molecule has 0 aliphatic heterocycles. The van der Waals surface area contributed by atoms with Gasteiger partial charge in [0.25, 0.3) is 0 Å². The molecule has 0 amide bonds. The number of aryl methyl sites for hydroxylation is 2. The van der Waals surface area contributed by atoms with Crippen molar-refractivity contribution in [2.24, 2.45) is 0 Å². The van der Waals surface area contributed by atoms with Crippen molar-refractivity contribution in [1.29, 1.82) is 0 Å². The summed E-state index contributed by atoms with van der Waals surface area (Å²) < 4.78 is 0. The van der Waals surface area contributed by atoms with Gasteiger partial charge in [-0.15, -0.1) is 0 Å². The Kier molecular flexibility index (Phi) is 6.53. The second-order valence-electron chi connectivity index (χ2n) is 15.3. The van der Waals surface area contributed by atoms with Crippen LogP contribution in [0.15, 0.2) is 170 Å². The molecular weight excluding hydrogens is 637 g/mol. The minimum Gasteiger partial charge on any atom is -0.0619 e. The van der Waals surface area contributed by atoms with E-state index in [0.29, 0.717) is 0 Å². The lowest BCUT2D eigenvalue weighted by molar-refractivity contribution is 0.772. The smallest absolute Gasteiger partial charge is 0.0619 e. The van der Waals surface area contributed by atoms with Crippen LogP contribution in [0.4, 0.5) is 0 Å². The minimum atomic E-state index is -0.565. The first kappa shape index (κ1) is 30.4. The quantitative estimate of drug-likeness (QED) is 0.174. The number of hydrogen-bond acceptors (Lipinski definition) is 0. The molecule has 0 heterocycles. The van der Waals surface area contributed by atoms with E-state index in [1.807, 2.05) is 0 Å². The van der Waals surface area contributed by atoms with Gasteiger partial charge in [-0.05, 0) is 138 Å². The van der Waals surface area contributed by atoms with Gasteiger partial charge in [-0.25, -0.2) is 0 Å². The van der Waals surface area contributed by atoms with Gasteiger partial charge < -0.3 is 0 Å². The molecular formula is C53H38. The van der Waals surface area contributed by atoms with Crippen molar-refractivity contribution in [2.75, 3.05) is 0 Å². The zero-order chi connectivity index (χ0) is 35.3. The molecule has 0 aromatic heterocycles. The van der Waals surface area contributed by atoms with Gasteiger partial charge in [0.1, 0.15) is 0 Å². The van der Waals surface area contributed by atoms with Crippen molar-refractivity contribution in [1.82, 2.24) is 0 Å². The van der Waals surface area contributed by atoms with Gasteiger partial charge >= 0.3 is 0 Å². The van der Waals surface area contributed by atoms with Crippen LogP contribution in [0.2, 0.25) is 0 Å². The van der Waals surface area contributed by atoms with E-state index < -0.39 is 5.41 Å². The van der Waals surface area contributed by atoms with Crippen LogP contribution in [0.1, 0.15) is 55.6 Å². The summed E-state index contributed by atoms with van der Waals surface area (Å²) >= 11 is 0. The fraction of sp³-hybridized carbons (Fsp3) is 0.0943. The lowest BCUT2D eigenvalue weighted by Gasteiger charge is -2.37. The van der Waals surface area contributed by atoms with Crippen LogP contribution < -0.4 is 0 Å². The highest BCUT2D eigenvalue weighted by Crippen LogP contribution is 2.60. The van der Waals surface area contributed by atoms with E-state index in [1.54, 1.807) is 0 Å². The molecule has 0 saturated carbocycles. The summed E-state index contributed by atoms with van der Waals surface area (Å²) in [6, 6.07) is 64.7. The predicted molar refractivity (Wildman–Crippen MR) is 221 cm³/mol. The van der Waals surface area contributed by atoms with Crippen LogP contribution in [-0.2, 0) is 18.3 Å². The molecule has 0 atom stereocenters. The monoisotopic (exact) mass is 674 g/mol. The molecule has 0 N–H and O–H groups in total. The normalized spacial score (nSPS) is 13.8. The summed E-state index contributed by atoms with van der Waals surface area (Å²) in [5, 5.41) is 0. The van der Waals surface area contributed by atoms with Crippen LogP contribution in [0.25, 0.3) is 55.6 Å². The van der Waals surface area contributed by atoms with Gasteiger partial charge in [0.15, 0.2) is 0 Å². The van der Waals surface area contributed by atoms with Crippen molar-refractivity contribution in [2.45, 2.75) is 32.1 Å². The van der Waals surface area contributed by atoms with Crippen LogP contribution in [0.3, 0.4) is 0 Å². The summed E-state index contributed by atoms with van der Waals surface area (Å²) in [5.41, 5.74) is 26.5. The molecule has 0 unspecified atom stereocenters. The van der Waals surface area contributed by atoms with Gasteiger partial charge in [0.2, 0.25) is 0 Å². The predicted octanol–water partition coefficient (Wildman–Crippen LogP) is 13.1. The Labute approximate surface area is 312 Å². The largest absolute Gasteiger partial charge is 0.0725 e. The third-order valence-corrected chi connectivity index (χ3v) is 12.3. The number of rotatable bonds is 4. The average Bonchev–Trinajstić information content (AvgIpc) is 3.86. The summed E-state index contributed by atoms with van der Waals surface area (Å²) in [4.78, 5) is 0. The Morgan fingerprint density at radius 3 is 0.925 bits per heavy atom. The maximum Gasteiger partial charge on any atom is 0.0725 e. The maximum absolute atomic E-state index is 2.45. The van der Waals surface area contributed by atoms with Crippen molar-refractivity contribution < 1.29 is 0 Å². The molecule has 250 valence electrons. The molecule has 0 spiro atoms. The standard InChI is InChI=1S/C53H38/c1-33-27-43-37-17-5-3-15-35(37)31-47(43)45(29-33)41-21-9-13-25-51(41)53(49-23-11-7-19-39(49)40-20-8-12-24-50(40)53)52-26-14-10-22-42(52)46-30-34(2)28-44-38-18-6-4-16-36(38)32-48(44)46/h3-30H,31-32H2,1-2H3. The highest BCUT2D eigenvalue weighted by atomic mass is 14.5. The van der Waals surface area contributed by atoms with Crippen LogP contribution >= 0.6 is 0 Å². The molecule has 0 radical (unpaired) electrons. The van der Waals surface area contributed by atoms with Gasteiger partial charge in [-0.2, -0.15) is 0 Å². The molecule has 3 aliphatic rings. The Morgan fingerprint density at radius 2 is 0.566 bits per heavy atom. The zero-order valence-electron chi connectivity index (χ0n) is 30.1. The van der Waals surface area contributed by atoms with E-state index in [0.717, 1.165) is 12.8 Å². The van der Waals surface area contributed by atoms with E-state index in [-0.39, 0.29) is 0 Å². The van der Waals surface area contributed by atoms with Crippen molar-refractivity contribution in [3.63, 3.8) is 0 Å². The molecule has 3 aliphatic carbocycles. The van der Waals surface area contributed by atoms with E-state index in [9.17, 15) is 0 Å². The number of hydrogen-bond donors (Lipinski definition) is 0. The Hall–Kier alpha value is -6.24. The fourth-order valence-electron chi connectivity index (χ4n) is 10.3. The van der Waals surface area contributed by atoms with Gasteiger partial charge in [0, 0.05) is 0 Å². The first-order valence-electron chi connectivity index (χ1n) is 18.9. The fourth-order valence-corrected chi connectivity index (χ4v) is 10.3. The second-order valence-corrected chi connectivity index (χ2v) is 15.3. The zero-order valence-corrected chi connectivity index (χ0v) is 30.1. The third kappa shape index (κ3) is 4.24. The van der Waals surface area contributed by atoms with Crippen molar-refractivity contribution in [3.05, 3.63) is 225 Å². The molecule has 8 aromatic rings. The topological polar surface area (TPSA) is 0 Å². The summed E-state index contributed by atoms with van der Waals surface area (Å²) in [6.45, 7) is 4.52. The maximum atomic E-state index is 2.45. The highest BCUT2D eigenvalue weighted by molar-refractivity contribution is 5.95. The van der Waals surface area contributed by atoms with Crippen LogP contribution in [0, 0.1) is 13.8 Å². The molecule has 53 heavy (non-hydrogen) atoms. The molecule has 0 fully saturated rings. The number of benzene rings is 8. The SMILES string of the molecule is Cc1cc2c(c(-c3ccccc3C3(c4ccccc4-c4cc(C)cc5c4Cc4ccccc4-5)c4ccccc4-c4ccccc43)c1)Cc1ccccc1-2. The lowest BCUT2D eigenvalue weighted by Crippen LogP contribution is -2.30. The first-order valence-corrected chi connectivity index (χ1v) is 18.9. The third-order valence-electron chi connectivity index (χ3n) is 12.3. The summed E-state index contributed by atoms with van der Waals surface area (Å²) in [5.74, 6) is 0. The highest BCUT2D eigenvalue weighted by Gasteiger charge is 2.48. The summed E-state index contributed by atoms with van der Waals surface area (Å²) in [7, 11) is 0. The van der Waals surface area contributed by atoms with Gasteiger partial charge in [-0.1, -0.05) is 170 Å². The van der Waals surface area contributed by atoms with Crippen LogP contribution in [0.5, 0.6) is 0 Å². The van der Waals surface area contributed by atoms with Gasteiger partial charge in [-0.3, -0.25) is 0 Å². The molecule has 11 rings (SSSR count).